The van der Waals surface area contributed by atoms with E-state index < -0.39 is 0 Å². The Balaban J connectivity index is 1.50. The van der Waals surface area contributed by atoms with Crippen LogP contribution in [0, 0.1) is 17.8 Å². The molecule has 0 amide bonds. The molecule has 2 aromatic heterocycles. The zero-order valence-corrected chi connectivity index (χ0v) is 20.5. The summed E-state index contributed by atoms with van der Waals surface area (Å²) in [4.78, 5) is 25.8. The summed E-state index contributed by atoms with van der Waals surface area (Å²) in [6.45, 7) is 10.3. The van der Waals surface area contributed by atoms with Crippen molar-refractivity contribution in [2.75, 3.05) is 11.4 Å². The van der Waals surface area contributed by atoms with Crippen molar-refractivity contribution in [2.24, 2.45) is 10.8 Å². The zero-order chi connectivity index (χ0) is 22.7. The van der Waals surface area contributed by atoms with Crippen LogP contribution in [0.15, 0.2) is 30.3 Å². The fourth-order valence-electron chi connectivity index (χ4n) is 5.99. The molecular weight excluding hydrogens is 442 g/mol. The molecule has 2 aliphatic rings. The molecule has 3 heterocycles. The lowest BCUT2D eigenvalue weighted by atomic mass is 9.65. The fraction of sp³-hybridized carbons (Fsp3) is 0.480. The van der Waals surface area contributed by atoms with E-state index in [9.17, 15) is 4.79 Å². The molecule has 3 aromatic rings. The van der Waals surface area contributed by atoms with Gasteiger partial charge in [0.25, 0.3) is 0 Å². The second-order valence-electron chi connectivity index (χ2n) is 10.5. The van der Waals surface area contributed by atoms with Crippen LogP contribution >= 0.6 is 22.9 Å². The molecule has 5 rings (SSSR count). The standard InChI is InChI=1S/C25H28ClN3O2S/c1-15-18-20(29-14-25(4)11-17(29)10-24(2,3)13-25)27-23(26)28-21(18)32-19(15)22(30)31-12-16-8-6-5-7-9-16/h5-9,17H,10-14H2,1-4H3. The molecule has 2 unspecified atom stereocenters. The van der Waals surface area contributed by atoms with Gasteiger partial charge in [0.2, 0.25) is 5.28 Å². The van der Waals surface area contributed by atoms with Crippen LogP contribution in [0.4, 0.5) is 5.82 Å². The minimum absolute atomic E-state index is 0.226. The number of nitrogens with zero attached hydrogens (tertiary/aromatic N) is 3. The number of aryl methyl sites for hydroxylation is 1. The second kappa shape index (κ2) is 7.70. The van der Waals surface area contributed by atoms with Crippen molar-refractivity contribution in [1.29, 1.82) is 0 Å². The Morgan fingerprint density at radius 3 is 2.72 bits per heavy atom. The first-order chi connectivity index (χ1) is 15.1. The van der Waals surface area contributed by atoms with Crippen LogP contribution in [0.2, 0.25) is 5.28 Å². The average molecular weight is 470 g/mol. The molecule has 5 nitrogen and oxygen atoms in total. The van der Waals surface area contributed by atoms with E-state index in [0.717, 1.165) is 46.5 Å². The van der Waals surface area contributed by atoms with E-state index >= 15 is 0 Å². The summed E-state index contributed by atoms with van der Waals surface area (Å²) in [6.07, 6.45) is 3.49. The average Bonchev–Trinajstić information content (AvgIpc) is 3.18. The van der Waals surface area contributed by atoms with Crippen LogP contribution < -0.4 is 4.90 Å². The molecule has 0 radical (unpaired) electrons. The predicted molar refractivity (Wildman–Crippen MR) is 130 cm³/mol. The van der Waals surface area contributed by atoms with Gasteiger partial charge in [0.15, 0.2) is 0 Å². The smallest absolute Gasteiger partial charge is 0.349 e. The Morgan fingerprint density at radius 2 is 1.97 bits per heavy atom. The number of halogens is 1. The Bertz CT molecular complexity index is 1190. The van der Waals surface area contributed by atoms with E-state index in [4.69, 9.17) is 16.3 Å². The molecule has 1 aromatic carbocycles. The summed E-state index contributed by atoms with van der Waals surface area (Å²) in [7, 11) is 0. The van der Waals surface area contributed by atoms with Gasteiger partial charge in [0, 0.05) is 12.6 Å². The number of benzene rings is 1. The topological polar surface area (TPSA) is 55.3 Å². The van der Waals surface area contributed by atoms with Crippen molar-refractivity contribution >= 4 is 44.9 Å². The molecule has 0 N–H and O–H groups in total. The number of fused-ring (bicyclic) bond motifs is 3. The number of ether oxygens (including phenoxy) is 1. The predicted octanol–water partition coefficient (Wildman–Crippen LogP) is 6.42. The third-order valence-corrected chi connectivity index (χ3v) is 8.16. The van der Waals surface area contributed by atoms with Crippen LogP contribution in [0.25, 0.3) is 10.2 Å². The number of hydrogen-bond donors (Lipinski definition) is 0. The number of carbonyl (C=O) groups is 1. The van der Waals surface area contributed by atoms with Gasteiger partial charge in [-0.25, -0.2) is 9.78 Å². The lowest BCUT2D eigenvalue weighted by Gasteiger charge is -2.39. The number of anilines is 1. The van der Waals surface area contributed by atoms with Crippen molar-refractivity contribution in [3.63, 3.8) is 0 Å². The molecule has 32 heavy (non-hydrogen) atoms. The molecule has 7 heteroatoms. The Kier molecular flexibility index (Phi) is 5.21. The summed E-state index contributed by atoms with van der Waals surface area (Å²) in [5.41, 5.74) is 2.40. The highest BCUT2D eigenvalue weighted by molar-refractivity contribution is 7.20. The maximum absolute atomic E-state index is 12.9. The van der Waals surface area contributed by atoms with Crippen LogP contribution in [0.3, 0.4) is 0 Å². The first-order valence-corrected chi connectivity index (χ1v) is 12.3. The highest BCUT2D eigenvalue weighted by Gasteiger charge is 2.50. The Hall–Kier alpha value is -2.18. The highest BCUT2D eigenvalue weighted by atomic mass is 35.5. The van der Waals surface area contributed by atoms with Crippen molar-refractivity contribution < 1.29 is 9.53 Å². The van der Waals surface area contributed by atoms with Gasteiger partial charge in [-0.15, -0.1) is 11.3 Å². The van der Waals surface area contributed by atoms with Crippen LogP contribution in [-0.2, 0) is 11.3 Å². The largest absolute Gasteiger partial charge is 0.457 e. The summed E-state index contributed by atoms with van der Waals surface area (Å²) in [5, 5.41) is 1.16. The van der Waals surface area contributed by atoms with Gasteiger partial charge < -0.3 is 9.64 Å². The SMILES string of the molecule is Cc1c(C(=O)OCc2ccccc2)sc2nc(Cl)nc(N3CC4(C)CC3CC(C)(C)C4)c12. The molecule has 2 atom stereocenters. The molecule has 1 saturated heterocycles. The summed E-state index contributed by atoms with van der Waals surface area (Å²) in [6, 6.07) is 10.1. The first-order valence-electron chi connectivity index (χ1n) is 11.1. The third kappa shape index (κ3) is 3.88. The lowest BCUT2D eigenvalue weighted by molar-refractivity contribution is 0.0478. The molecule has 0 spiro atoms. The molecule has 1 aliphatic heterocycles. The number of carbonyl (C=O) groups excluding carboxylic acids is 1. The number of rotatable bonds is 4. The lowest BCUT2D eigenvalue weighted by Crippen LogP contribution is -2.35. The van der Waals surface area contributed by atoms with Gasteiger partial charge in [0.05, 0.1) is 5.39 Å². The van der Waals surface area contributed by atoms with Crippen LogP contribution in [-0.4, -0.2) is 28.5 Å². The van der Waals surface area contributed by atoms with E-state index in [1.807, 2.05) is 37.3 Å². The van der Waals surface area contributed by atoms with Gasteiger partial charge in [-0.2, -0.15) is 4.98 Å². The molecule has 2 bridgehead atoms. The van der Waals surface area contributed by atoms with Gasteiger partial charge in [-0.05, 0) is 59.7 Å². The first kappa shape index (κ1) is 21.7. The number of thiophene rings is 1. The summed E-state index contributed by atoms with van der Waals surface area (Å²) >= 11 is 7.70. The highest BCUT2D eigenvalue weighted by Crippen LogP contribution is 2.54. The Labute approximate surface area is 197 Å². The fourth-order valence-corrected chi connectivity index (χ4v) is 7.28. The van der Waals surface area contributed by atoms with E-state index in [2.05, 4.69) is 35.6 Å². The molecule has 2 fully saturated rings. The van der Waals surface area contributed by atoms with Gasteiger partial charge in [-0.1, -0.05) is 51.1 Å². The van der Waals surface area contributed by atoms with Crippen LogP contribution in [0.5, 0.6) is 0 Å². The molecule has 168 valence electrons. The third-order valence-electron chi connectivity index (χ3n) is 6.83. The van der Waals surface area contributed by atoms with Crippen molar-refractivity contribution in [3.05, 3.63) is 51.6 Å². The van der Waals surface area contributed by atoms with Gasteiger partial charge >= 0.3 is 5.97 Å². The van der Waals surface area contributed by atoms with Crippen molar-refractivity contribution in [3.8, 4) is 0 Å². The summed E-state index contributed by atoms with van der Waals surface area (Å²) in [5.74, 6) is 0.534. The van der Waals surface area contributed by atoms with E-state index in [1.54, 1.807) is 0 Å². The quantitative estimate of drug-likeness (QED) is 0.326. The van der Waals surface area contributed by atoms with E-state index in [1.165, 1.54) is 17.8 Å². The van der Waals surface area contributed by atoms with E-state index in [-0.39, 0.29) is 23.3 Å². The minimum atomic E-state index is -0.329. The molecule has 1 aliphatic carbocycles. The summed E-state index contributed by atoms with van der Waals surface area (Å²) < 4.78 is 5.61. The van der Waals surface area contributed by atoms with E-state index in [0.29, 0.717) is 16.3 Å². The molecular formula is C25H28ClN3O2S. The number of aromatic nitrogens is 2. The number of hydrogen-bond acceptors (Lipinski definition) is 6. The number of esters is 1. The Morgan fingerprint density at radius 1 is 1.22 bits per heavy atom. The van der Waals surface area contributed by atoms with Crippen molar-refractivity contribution in [2.45, 2.75) is 59.6 Å². The normalized spacial score (nSPS) is 24.2. The maximum atomic E-state index is 12.9. The second-order valence-corrected chi connectivity index (χ2v) is 11.8. The molecule has 1 saturated carbocycles. The van der Waals surface area contributed by atoms with Gasteiger partial charge in [-0.3, -0.25) is 0 Å². The van der Waals surface area contributed by atoms with Crippen molar-refractivity contribution in [1.82, 2.24) is 9.97 Å². The zero-order valence-electron chi connectivity index (χ0n) is 18.9. The minimum Gasteiger partial charge on any atom is -0.457 e. The van der Waals surface area contributed by atoms with Crippen LogP contribution in [0.1, 0.15) is 60.8 Å². The van der Waals surface area contributed by atoms with Gasteiger partial charge in [0.1, 0.15) is 22.1 Å². The monoisotopic (exact) mass is 469 g/mol. The maximum Gasteiger partial charge on any atom is 0.349 e.